The quantitative estimate of drug-likeness (QED) is 0.205. The fourth-order valence-electron chi connectivity index (χ4n) is 6.79. The van der Waals surface area contributed by atoms with Crippen molar-refractivity contribution < 1.29 is 24.2 Å². The van der Waals surface area contributed by atoms with Crippen molar-refractivity contribution in [3.63, 3.8) is 0 Å². The van der Waals surface area contributed by atoms with E-state index in [0.29, 0.717) is 35.7 Å². The highest BCUT2D eigenvalue weighted by Crippen LogP contribution is 2.60. The second kappa shape index (κ2) is 12.7. The van der Waals surface area contributed by atoms with Gasteiger partial charge in [-0.05, 0) is 55.7 Å². The zero-order valence-electron chi connectivity index (χ0n) is 23.3. The van der Waals surface area contributed by atoms with E-state index in [9.17, 15) is 19.5 Å². The molecule has 0 radical (unpaired) electrons. The maximum atomic E-state index is 14.6. The third-order valence-electron chi connectivity index (χ3n) is 8.48. The van der Waals surface area contributed by atoms with Crippen LogP contribution in [0.15, 0.2) is 79.9 Å². The number of hydrogen-bond acceptors (Lipinski definition) is 5. The molecule has 1 N–H and O–H groups in total. The Morgan fingerprint density at radius 3 is 2.26 bits per heavy atom. The number of alkyl halides is 1. The SMILES string of the molecule is C=CCN(C(=O)C1N(CCCCO)C(=O)[C@@H]2[C@H](C(=O)N(CC=C)c3ccccc3)[C@H]3OC12CC3Br)c1ccc(Cl)cc1. The molecule has 3 amide bonds. The van der Waals surface area contributed by atoms with Gasteiger partial charge in [0.25, 0.3) is 5.91 Å². The predicted octanol–water partition coefficient (Wildman–Crippen LogP) is 4.60. The number of carbonyl (C=O) groups excluding carboxylic acids is 3. The van der Waals surface area contributed by atoms with Crippen molar-refractivity contribution in [2.75, 3.05) is 36.0 Å². The first-order valence-corrected chi connectivity index (χ1v) is 15.5. The average Bonchev–Trinajstić information content (AvgIpc) is 3.58. The van der Waals surface area contributed by atoms with Gasteiger partial charge in [-0.25, -0.2) is 0 Å². The van der Waals surface area contributed by atoms with Gasteiger partial charge in [-0.3, -0.25) is 14.4 Å². The Morgan fingerprint density at radius 2 is 1.64 bits per heavy atom. The summed E-state index contributed by atoms with van der Waals surface area (Å²) in [6, 6.07) is 15.2. The Labute approximate surface area is 259 Å². The van der Waals surface area contributed by atoms with E-state index in [1.54, 1.807) is 51.1 Å². The number of hydrogen-bond donors (Lipinski definition) is 1. The number of aliphatic hydroxyl groups is 1. The number of fused-ring (bicyclic) bond motifs is 1. The van der Waals surface area contributed by atoms with E-state index in [4.69, 9.17) is 16.3 Å². The number of para-hydroxylation sites is 1. The van der Waals surface area contributed by atoms with Crippen LogP contribution in [0.5, 0.6) is 0 Å². The Balaban J connectivity index is 1.57. The summed E-state index contributed by atoms with van der Waals surface area (Å²) in [7, 11) is 0. The molecule has 1 spiro atoms. The van der Waals surface area contributed by atoms with Crippen LogP contribution in [0.2, 0.25) is 5.02 Å². The number of amides is 3. The van der Waals surface area contributed by atoms with Gasteiger partial charge in [0.1, 0.15) is 11.6 Å². The number of likely N-dealkylation sites (tertiary alicyclic amines) is 1. The van der Waals surface area contributed by atoms with Crippen LogP contribution in [-0.2, 0) is 19.1 Å². The minimum Gasteiger partial charge on any atom is -0.396 e. The second-order valence-electron chi connectivity index (χ2n) is 10.9. The number of nitrogens with zero attached hydrogens (tertiary/aromatic N) is 3. The molecule has 0 aromatic heterocycles. The summed E-state index contributed by atoms with van der Waals surface area (Å²) in [4.78, 5) is 47.8. The number of carbonyl (C=O) groups is 3. The van der Waals surface area contributed by atoms with E-state index in [0.717, 1.165) is 0 Å². The van der Waals surface area contributed by atoms with Gasteiger partial charge in [0.2, 0.25) is 11.8 Å². The number of aliphatic hydroxyl groups excluding tert-OH is 1. The fourth-order valence-corrected chi connectivity index (χ4v) is 7.85. The largest absolute Gasteiger partial charge is 0.396 e. The molecule has 5 rings (SSSR count). The first-order valence-electron chi connectivity index (χ1n) is 14.2. The highest BCUT2D eigenvalue weighted by Gasteiger charge is 2.76. The topological polar surface area (TPSA) is 90.4 Å². The first kappa shape index (κ1) is 30.5. The molecule has 42 heavy (non-hydrogen) atoms. The molecule has 6 atom stereocenters. The Kier molecular flexibility index (Phi) is 9.23. The highest BCUT2D eigenvalue weighted by atomic mass is 79.9. The minimum absolute atomic E-state index is 0.0284. The summed E-state index contributed by atoms with van der Waals surface area (Å²) >= 11 is 9.87. The number of anilines is 2. The van der Waals surface area contributed by atoms with Crippen molar-refractivity contribution in [2.24, 2.45) is 11.8 Å². The smallest absolute Gasteiger partial charge is 0.253 e. The molecule has 3 aliphatic heterocycles. The van der Waals surface area contributed by atoms with E-state index < -0.39 is 29.6 Å². The molecular formula is C32H35BrClN3O5. The molecule has 8 nitrogen and oxygen atoms in total. The summed E-state index contributed by atoms with van der Waals surface area (Å²) in [5.74, 6) is -2.44. The number of benzene rings is 2. The van der Waals surface area contributed by atoms with Crippen molar-refractivity contribution in [1.82, 2.24) is 4.90 Å². The van der Waals surface area contributed by atoms with Gasteiger partial charge in [-0.1, -0.05) is 57.9 Å². The molecule has 0 saturated carbocycles. The second-order valence-corrected chi connectivity index (χ2v) is 12.5. The van der Waals surface area contributed by atoms with E-state index in [2.05, 4.69) is 29.1 Å². The van der Waals surface area contributed by atoms with Gasteiger partial charge in [0.15, 0.2) is 0 Å². The Hall–Kier alpha value is -2.98. The average molecular weight is 657 g/mol. The molecule has 3 fully saturated rings. The summed E-state index contributed by atoms with van der Waals surface area (Å²) in [5.41, 5.74) is 0.112. The number of halogens is 2. The molecule has 0 aliphatic carbocycles. The van der Waals surface area contributed by atoms with Crippen LogP contribution in [0.4, 0.5) is 11.4 Å². The lowest BCUT2D eigenvalue weighted by Gasteiger charge is -2.37. The van der Waals surface area contributed by atoms with Crippen molar-refractivity contribution in [3.8, 4) is 0 Å². The lowest BCUT2D eigenvalue weighted by Crippen LogP contribution is -2.57. The van der Waals surface area contributed by atoms with Gasteiger partial charge in [-0.2, -0.15) is 0 Å². The van der Waals surface area contributed by atoms with Crippen molar-refractivity contribution >= 4 is 56.6 Å². The van der Waals surface area contributed by atoms with E-state index >= 15 is 0 Å². The van der Waals surface area contributed by atoms with E-state index in [-0.39, 0.29) is 48.8 Å². The van der Waals surface area contributed by atoms with Crippen LogP contribution in [0.1, 0.15) is 19.3 Å². The molecule has 3 unspecified atom stereocenters. The maximum absolute atomic E-state index is 14.6. The summed E-state index contributed by atoms with van der Waals surface area (Å²) < 4.78 is 6.69. The van der Waals surface area contributed by atoms with Gasteiger partial charge in [0, 0.05) is 47.5 Å². The first-order chi connectivity index (χ1) is 20.3. The lowest BCUT2D eigenvalue weighted by atomic mass is 9.70. The van der Waals surface area contributed by atoms with E-state index in [1.165, 1.54) is 0 Å². The van der Waals surface area contributed by atoms with Gasteiger partial charge >= 0.3 is 0 Å². The predicted molar refractivity (Wildman–Crippen MR) is 167 cm³/mol. The third kappa shape index (κ3) is 5.21. The molecule has 3 aliphatic rings. The zero-order chi connectivity index (χ0) is 30.0. The summed E-state index contributed by atoms with van der Waals surface area (Å²) in [5, 5.41) is 9.99. The number of ether oxygens (including phenoxy) is 1. The van der Waals surface area contributed by atoms with Crippen LogP contribution in [0.25, 0.3) is 0 Å². The van der Waals surface area contributed by atoms with Crippen molar-refractivity contribution in [1.29, 1.82) is 0 Å². The van der Waals surface area contributed by atoms with Gasteiger partial charge in [-0.15, -0.1) is 13.2 Å². The molecule has 3 saturated heterocycles. The summed E-state index contributed by atoms with van der Waals surface area (Å²) in [6.45, 7) is 8.39. The Bertz CT molecular complexity index is 1340. The standard InChI is InChI=1S/C32H35BrClN3O5/c1-3-16-35(22-10-6-5-7-11-22)29(39)25-26-30(40)37(18-8-9-19-38)28(32(26)20-24(33)27(25)42-32)31(41)36(17-4-2)23-14-12-21(34)13-15-23/h3-7,10-15,24-28,38H,1-2,8-9,16-20H2/t24?,25-,26-,27-,28?,32?/m0/s1. The molecule has 3 heterocycles. The Morgan fingerprint density at radius 1 is 1.02 bits per heavy atom. The van der Waals surface area contributed by atoms with Crippen molar-refractivity contribution in [2.45, 2.75) is 41.8 Å². The zero-order valence-corrected chi connectivity index (χ0v) is 25.6. The fraction of sp³-hybridized carbons (Fsp3) is 0.406. The molecule has 2 aromatic rings. The molecular weight excluding hydrogens is 622 g/mol. The monoisotopic (exact) mass is 655 g/mol. The van der Waals surface area contributed by atoms with Crippen molar-refractivity contribution in [3.05, 3.63) is 84.9 Å². The highest BCUT2D eigenvalue weighted by molar-refractivity contribution is 9.09. The van der Waals surface area contributed by atoms with Crippen LogP contribution in [-0.4, -0.2) is 76.5 Å². The van der Waals surface area contributed by atoms with Gasteiger partial charge < -0.3 is 24.5 Å². The third-order valence-corrected chi connectivity index (χ3v) is 9.57. The van der Waals surface area contributed by atoms with Crippen LogP contribution in [0.3, 0.4) is 0 Å². The van der Waals surface area contributed by atoms with Gasteiger partial charge in [0.05, 0.1) is 17.9 Å². The van der Waals surface area contributed by atoms with Crippen LogP contribution >= 0.6 is 27.5 Å². The maximum Gasteiger partial charge on any atom is 0.253 e. The molecule has 2 bridgehead atoms. The molecule has 222 valence electrons. The molecule has 2 aromatic carbocycles. The number of unbranched alkanes of at least 4 members (excludes halogenated alkanes) is 1. The number of rotatable bonds is 12. The molecule has 10 heteroatoms. The summed E-state index contributed by atoms with van der Waals surface area (Å²) in [6.07, 6.45) is 4.09. The normalized spacial score (nSPS) is 27.5. The van der Waals surface area contributed by atoms with E-state index in [1.807, 2.05) is 30.3 Å². The minimum atomic E-state index is -1.20. The van der Waals surface area contributed by atoms with Crippen LogP contribution < -0.4 is 9.80 Å². The lowest BCUT2D eigenvalue weighted by molar-refractivity contribution is -0.140. The van der Waals surface area contributed by atoms with Crippen LogP contribution in [0, 0.1) is 11.8 Å².